The van der Waals surface area contributed by atoms with E-state index in [9.17, 15) is 14.7 Å². The van der Waals surface area contributed by atoms with E-state index in [0.29, 0.717) is 36.7 Å². The monoisotopic (exact) mass is 608 g/mol. The quantitative estimate of drug-likeness (QED) is 0.290. The highest BCUT2D eigenvalue weighted by Crippen LogP contribution is 2.65. The van der Waals surface area contributed by atoms with Crippen molar-refractivity contribution in [3.05, 3.63) is 69.3 Å². The molecule has 0 amide bonds. The van der Waals surface area contributed by atoms with Gasteiger partial charge in [-0.05, 0) is 94.3 Å². The fourth-order valence-corrected chi connectivity index (χ4v) is 9.28. The number of ether oxygens (including phenoxy) is 1. The van der Waals surface area contributed by atoms with E-state index in [-0.39, 0.29) is 41.0 Å². The number of hydrogen-bond acceptors (Lipinski definition) is 4. The summed E-state index contributed by atoms with van der Waals surface area (Å²) in [4.78, 5) is 26.6. The first-order valence-electron chi connectivity index (χ1n) is 17.3. The summed E-state index contributed by atoms with van der Waals surface area (Å²) >= 11 is 0. The molecule has 1 fully saturated rings. The van der Waals surface area contributed by atoms with Gasteiger partial charge in [0.1, 0.15) is 29.2 Å². The van der Waals surface area contributed by atoms with Crippen LogP contribution in [0.1, 0.15) is 145 Å². The Labute approximate surface area is 270 Å². The molecule has 0 radical (unpaired) electrons. The minimum Gasteiger partial charge on any atom is -0.508 e. The fourth-order valence-electron chi connectivity index (χ4n) is 9.28. The van der Waals surface area contributed by atoms with Crippen molar-refractivity contribution in [2.45, 2.75) is 131 Å². The van der Waals surface area contributed by atoms with Crippen LogP contribution in [0.2, 0.25) is 0 Å². The maximum absolute atomic E-state index is 13.7. The Hall–Kier alpha value is -3.14. The summed E-state index contributed by atoms with van der Waals surface area (Å²) in [6.45, 7) is 21.5. The minimum absolute atomic E-state index is 0.00631. The van der Waals surface area contributed by atoms with Gasteiger partial charge in [-0.2, -0.15) is 0 Å². The van der Waals surface area contributed by atoms with Crippen LogP contribution in [0.4, 0.5) is 0 Å². The number of carbonyl (C=O) groups is 2. The average Bonchev–Trinajstić information content (AvgIpc) is 3.37. The number of phenols is 1. The summed E-state index contributed by atoms with van der Waals surface area (Å²) in [5.41, 5.74) is 7.33. The summed E-state index contributed by atoms with van der Waals surface area (Å²) in [6.07, 6.45) is 3.27. The molecule has 0 saturated heterocycles. The number of aromatic hydroxyl groups is 1. The number of Topliss-reactive ketones (excluding diaryl/α,β-unsaturated/α-hetero) is 2. The number of benzene rings is 3. The normalized spacial score (nSPS) is 25.5. The van der Waals surface area contributed by atoms with Gasteiger partial charge in [0.2, 0.25) is 0 Å². The largest absolute Gasteiger partial charge is 0.508 e. The van der Waals surface area contributed by atoms with E-state index >= 15 is 0 Å². The van der Waals surface area contributed by atoms with E-state index in [1.54, 1.807) is 0 Å². The molecule has 0 bridgehead atoms. The highest BCUT2D eigenvalue weighted by molar-refractivity contribution is 5.95. The summed E-state index contributed by atoms with van der Waals surface area (Å²) < 4.78 is 7.36. The van der Waals surface area contributed by atoms with E-state index in [2.05, 4.69) is 79.7 Å². The number of rotatable bonds is 7. The van der Waals surface area contributed by atoms with Crippen LogP contribution in [-0.4, -0.2) is 22.8 Å². The van der Waals surface area contributed by atoms with Gasteiger partial charge in [0.15, 0.2) is 0 Å². The van der Waals surface area contributed by atoms with Crippen LogP contribution in [0, 0.1) is 24.2 Å². The second-order valence-corrected chi connectivity index (χ2v) is 15.9. The first kappa shape index (κ1) is 31.8. The highest BCUT2D eigenvalue weighted by Gasteiger charge is 2.63. The summed E-state index contributed by atoms with van der Waals surface area (Å²) in [7, 11) is 0. The van der Waals surface area contributed by atoms with Crippen molar-refractivity contribution < 1.29 is 19.4 Å². The zero-order valence-corrected chi connectivity index (χ0v) is 29.1. The van der Waals surface area contributed by atoms with Gasteiger partial charge in [-0.15, -0.1) is 0 Å². The third-order valence-electron chi connectivity index (χ3n) is 12.1. The number of phenolic OH excluding ortho intramolecular Hbond substituents is 1. The van der Waals surface area contributed by atoms with E-state index in [0.717, 1.165) is 24.2 Å². The molecule has 3 aromatic rings. The van der Waals surface area contributed by atoms with Crippen LogP contribution in [0.3, 0.4) is 0 Å². The third-order valence-corrected chi connectivity index (χ3v) is 12.1. The van der Waals surface area contributed by atoms with Crippen LogP contribution in [0.15, 0.2) is 30.3 Å². The minimum atomic E-state index is -0.587. The molecular weight excluding hydrogens is 556 g/mol. The van der Waals surface area contributed by atoms with Crippen molar-refractivity contribution >= 4 is 22.3 Å². The van der Waals surface area contributed by atoms with Gasteiger partial charge in [-0.25, -0.2) is 0 Å². The van der Waals surface area contributed by atoms with Crippen molar-refractivity contribution in [1.29, 1.82) is 0 Å². The first-order chi connectivity index (χ1) is 21.1. The lowest BCUT2D eigenvalue weighted by Gasteiger charge is -2.56. The van der Waals surface area contributed by atoms with Gasteiger partial charge >= 0.3 is 0 Å². The molecule has 1 saturated carbocycles. The van der Waals surface area contributed by atoms with Crippen molar-refractivity contribution in [2.75, 3.05) is 0 Å². The lowest BCUT2D eigenvalue weighted by Crippen LogP contribution is -2.59. The molecule has 0 aromatic heterocycles. The first-order valence-corrected chi connectivity index (χ1v) is 17.3. The van der Waals surface area contributed by atoms with Gasteiger partial charge in [0, 0.05) is 41.1 Å². The molecule has 4 heteroatoms. The average molecular weight is 609 g/mol. The zero-order chi connectivity index (χ0) is 32.7. The highest BCUT2D eigenvalue weighted by atomic mass is 16.5. The van der Waals surface area contributed by atoms with Crippen molar-refractivity contribution in [3.63, 3.8) is 0 Å². The molecule has 45 heavy (non-hydrogen) atoms. The summed E-state index contributed by atoms with van der Waals surface area (Å²) in [5, 5.41) is 13.8. The smallest absolute Gasteiger partial charge is 0.138 e. The predicted octanol–water partition coefficient (Wildman–Crippen LogP) is 9.82. The maximum atomic E-state index is 13.7. The van der Waals surface area contributed by atoms with Gasteiger partial charge in [-0.1, -0.05) is 80.5 Å². The van der Waals surface area contributed by atoms with Crippen LogP contribution in [0.5, 0.6) is 11.5 Å². The SMILES string of the molecule is CCC(C)c1cc2ccc(C)c(CCC(=O)C(C)C)c2c2c1O[C@H]1C2c2cc(C(C)C)c(O)cc2C2(C)CCC(=O)C(C)(C)C12. The Bertz CT molecular complexity index is 1710. The van der Waals surface area contributed by atoms with Crippen LogP contribution < -0.4 is 4.74 Å². The van der Waals surface area contributed by atoms with E-state index in [1.165, 1.54) is 44.2 Å². The van der Waals surface area contributed by atoms with E-state index in [1.807, 2.05) is 19.9 Å². The standard InChI is InChI=1S/C41H52O4/c1-11-23(6)28-18-25-13-12-24(7)26(14-15-31(42)22(4)5)34(25)36-35-29-19-27(21(2)3)32(43)20-30(29)41(10)17-16-33(44)40(8,9)39(41)38(35)45-37(28)36/h12-13,18-23,35,38-39,43H,11,14-17H2,1-10H3/t23?,35?,38-,39?,41?/m0/s1. The summed E-state index contributed by atoms with van der Waals surface area (Å²) in [6, 6.07) is 11.1. The molecule has 4 unspecified atom stereocenters. The van der Waals surface area contributed by atoms with Crippen molar-refractivity contribution in [1.82, 2.24) is 0 Å². The van der Waals surface area contributed by atoms with Crippen LogP contribution in [-0.2, 0) is 21.4 Å². The Kier molecular flexibility index (Phi) is 7.77. The lowest BCUT2D eigenvalue weighted by molar-refractivity contribution is -0.142. The summed E-state index contributed by atoms with van der Waals surface area (Å²) in [5.74, 6) is 2.24. The Morgan fingerprint density at radius 2 is 1.76 bits per heavy atom. The van der Waals surface area contributed by atoms with E-state index < -0.39 is 5.41 Å². The Morgan fingerprint density at radius 1 is 1.04 bits per heavy atom. The molecule has 1 heterocycles. The number of carbonyl (C=O) groups excluding carboxylic acids is 2. The molecular formula is C41H52O4. The second-order valence-electron chi connectivity index (χ2n) is 15.9. The molecule has 240 valence electrons. The predicted molar refractivity (Wildman–Crippen MR) is 183 cm³/mol. The molecule has 1 aliphatic heterocycles. The maximum Gasteiger partial charge on any atom is 0.138 e. The molecule has 5 atom stereocenters. The van der Waals surface area contributed by atoms with E-state index in [4.69, 9.17) is 4.74 Å². The number of hydrogen-bond donors (Lipinski definition) is 1. The molecule has 4 nitrogen and oxygen atoms in total. The second kappa shape index (κ2) is 11.0. The van der Waals surface area contributed by atoms with Crippen LogP contribution in [0.25, 0.3) is 10.8 Å². The third kappa shape index (κ3) is 4.68. The lowest BCUT2D eigenvalue weighted by atomic mass is 9.47. The van der Waals surface area contributed by atoms with Gasteiger partial charge in [-0.3, -0.25) is 9.59 Å². The molecule has 6 rings (SSSR count). The van der Waals surface area contributed by atoms with Gasteiger partial charge in [0.25, 0.3) is 0 Å². The van der Waals surface area contributed by atoms with Gasteiger partial charge < -0.3 is 9.84 Å². The van der Waals surface area contributed by atoms with Crippen molar-refractivity contribution in [2.24, 2.45) is 17.3 Å². The molecule has 2 aliphatic carbocycles. The fraction of sp³-hybridized carbons (Fsp3) is 0.561. The van der Waals surface area contributed by atoms with Gasteiger partial charge in [0.05, 0.1) is 5.92 Å². The van der Waals surface area contributed by atoms with Crippen molar-refractivity contribution in [3.8, 4) is 11.5 Å². The number of fused-ring (bicyclic) bond motifs is 10. The molecule has 1 N–H and O–H groups in total. The Morgan fingerprint density at radius 3 is 2.40 bits per heavy atom. The van der Waals surface area contributed by atoms with Crippen LogP contribution >= 0.6 is 0 Å². The number of aryl methyl sites for hydroxylation is 2. The Balaban J connectivity index is 1.72. The topological polar surface area (TPSA) is 63.6 Å². The zero-order valence-electron chi connectivity index (χ0n) is 29.1. The molecule has 3 aliphatic rings. The number of ketones is 2. The molecule has 0 spiro atoms. The molecule has 3 aromatic carbocycles.